The molecule has 1 aliphatic rings. The Kier molecular flexibility index (Phi) is 6.83. The number of rotatable bonds is 4. The molecule has 1 amide bonds. The number of carbonyl (C=O) groups excluding carboxylic acids is 1. The summed E-state index contributed by atoms with van der Waals surface area (Å²) in [4.78, 5) is 12.7. The van der Waals surface area contributed by atoms with Gasteiger partial charge in [0.05, 0.1) is 0 Å². The summed E-state index contributed by atoms with van der Waals surface area (Å²) >= 11 is 0. The molecule has 0 radical (unpaired) electrons. The van der Waals surface area contributed by atoms with Gasteiger partial charge >= 0.3 is 0 Å². The van der Waals surface area contributed by atoms with Crippen molar-refractivity contribution in [3.8, 4) is 0 Å². The maximum atomic E-state index is 12.7. The van der Waals surface area contributed by atoms with Crippen molar-refractivity contribution < 1.29 is 4.79 Å². The van der Waals surface area contributed by atoms with Crippen LogP contribution in [0.2, 0.25) is 0 Å². The van der Waals surface area contributed by atoms with E-state index in [2.05, 4.69) is 29.7 Å². The summed E-state index contributed by atoms with van der Waals surface area (Å²) in [5.41, 5.74) is 3.10. The lowest BCUT2D eigenvalue weighted by Gasteiger charge is -2.28. The SMILES string of the molecule is CC1CC(NC(=O)c2ccccc2Cc2ccccc2)CCN1.Cl. The molecule has 2 aromatic rings. The lowest BCUT2D eigenvalue weighted by Crippen LogP contribution is -2.46. The lowest BCUT2D eigenvalue weighted by atomic mass is 9.97. The highest BCUT2D eigenvalue weighted by Crippen LogP contribution is 2.16. The normalized spacial score (nSPS) is 20.0. The molecule has 1 saturated heterocycles. The first-order valence-corrected chi connectivity index (χ1v) is 8.38. The first-order chi connectivity index (χ1) is 11.2. The maximum Gasteiger partial charge on any atom is 0.251 e. The van der Waals surface area contributed by atoms with E-state index in [1.54, 1.807) is 0 Å². The average Bonchev–Trinajstić information content (AvgIpc) is 2.56. The van der Waals surface area contributed by atoms with Crippen molar-refractivity contribution in [3.63, 3.8) is 0 Å². The molecule has 1 fully saturated rings. The molecule has 3 nitrogen and oxygen atoms in total. The van der Waals surface area contributed by atoms with Crippen molar-refractivity contribution in [1.29, 1.82) is 0 Å². The van der Waals surface area contributed by atoms with E-state index in [1.165, 1.54) is 5.56 Å². The number of amides is 1. The Morgan fingerprint density at radius 2 is 1.83 bits per heavy atom. The molecule has 24 heavy (non-hydrogen) atoms. The van der Waals surface area contributed by atoms with Crippen LogP contribution < -0.4 is 10.6 Å². The molecule has 0 spiro atoms. The van der Waals surface area contributed by atoms with Crippen LogP contribution in [0.3, 0.4) is 0 Å². The Balaban J connectivity index is 0.00000208. The first-order valence-electron chi connectivity index (χ1n) is 8.38. The molecule has 0 aromatic heterocycles. The standard InChI is InChI=1S/C20H24N2O.ClH/c1-15-13-18(11-12-21-15)22-20(23)19-10-6-5-9-17(19)14-16-7-3-2-4-8-16;/h2-10,15,18,21H,11-14H2,1H3,(H,22,23);1H. The van der Waals surface area contributed by atoms with Crippen LogP contribution in [0, 0.1) is 0 Å². The van der Waals surface area contributed by atoms with Crippen molar-refractivity contribution in [3.05, 3.63) is 71.3 Å². The zero-order valence-corrected chi connectivity index (χ0v) is 14.8. The zero-order valence-electron chi connectivity index (χ0n) is 14.0. The number of carbonyl (C=O) groups is 1. The molecule has 128 valence electrons. The molecule has 2 atom stereocenters. The van der Waals surface area contributed by atoms with Crippen molar-refractivity contribution >= 4 is 18.3 Å². The minimum Gasteiger partial charge on any atom is -0.349 e. The van der Waals surface area contributed by atoms with E-state index >= 15 is 0 Å². The van der Waals surface area contributed by atoms with E-state index in [0.29, 0.717) is 6.04 Å². The van der Waals surface area contributed by atoms with E-state index < -0.39 is 0 Å². The first kappa shape index (κ1) is 18.5. The number of benzene rings is 2. The Bertz CT molecular complexity index is 660. The number of halogens is 1. The van der Waals surface area contributed by atoms with Gasteiger partial charge in [-0.1, -0.05) is 48.5 Å². The highest BCUT2D eigenvalue weighted by atomic mass is 35.5. The third-order valence-corrected chi connectivity index (χ3v) is 4.46. The Morgan fingerprint density at radius 3 is 2.58 bits per heavy atom. The fourth-order valence-electron chi connectivity index (χ4n) is 3.24. The molecule has 4 heteroatoms. The van der Waals surface area contributed by atoms with Gasteiger partial charge in [-0.25, -0.2) is 0 Å². The highest BCUT2D eigenvalue weighted by molar-refractivity contribution is 5.96. The maximum absolute atomic E-state index is 12.7. The van der Waals surface area contributed by atoms with Gasteiger partial charge in [-0.3, -0.25) is 4.79 Å². The van der Waals surface area contributed by atoms with Crippen LogP contribution in [0.1, 0.15) is 41.3 Å². The highest BCUT2D eigenvalue weighted by Gasteiger charge is 2.21. The monoisotopic (exact) mass is 344 g/mol. The van der Waals surface area contributed by atoms with Crippen LogP contribution >= 0.6 is 12.4 Å². The van der Waals surface area contributed by atoms with Crippen LogP contribution in [0.15, 0.2) is 54.6 Å². The van der Waals surface area contributed by atoms with Crippen LogP contribution in [0.5, 0.6) is 0 Å². The van der Waals surface area contributed by atoms with Crippen molar-refractivity contribution in [2.45, 2.75) is 38.3 Å². The average molecular weight is 345 g/mol. The molecule has 2 unspecified atom stereocenters. The summed E-state index contributed by atoms with van der Waals surface area (Å²) in [6, 6.07) is 18.9. The summed E-state index contributed by atoms with van der Waals surface area (Å²) in [7, 11) is 0. The summed E-state index contributed by atoms with van der Waals surface area (Å²) in [5, 5.41) is 6.63. The Labute approximate surface area is 150 Å². The number of hydrogen-bond donors (Lipinski definition) is 2. The summed E-state index contributed by atoms with van der Waals surface area (Å²) < 4.78 is 0. The predicted molar refractivity (Wildman–Crippen MR) is 101 cm³/mol. The zero-order chi connectivity index (χ0) is 16.1. The number of hydrogen-bond acceptors (Lipinski definition) is 2. The van der Waals surface area contributed by atoms with Crippen molar-refractivity contribution in [2.24, 2.45) is 0 Å². The third-order valence-electron chi connectivity index (χ3n) is 4.46. The quantitative estimate of drug-likeness (QED) is 0.890. The van der Waals surface area contributed by atoms with Gasteiger partial charge in [0.2, 0.25) is 0 Å². The molecular weight excluding hydrogens is 320 g/mol. The van der Waals surface area contributed by atoms with E-state index in [1.807, 2.05) is 42.5 Å². The van der Waals surface area contributed by atoms with Gasteiger partial charge in [0, 0.05) is 17.6 Å². The smallest absolute Gasteiger partial charge is 0.251 e. The topological polar surface area (TPSA) is 41.1 Å². The molecule has 2 N–H and O–H groups in total. The Morgan fingerprint density at radius 1 is 1.12 bits per heavy atom. The minimum atomic E-state index is 0. The molecule has 3 rings (SSSR count). The Hall–Kier alpha value is -1.84. The molecule has 0 aliphatic carbocycles. The molecule has 1 aliphatic heterocycles. The van der Waals surface area contributed by atoms with E-state index in [0.717, 1.165) is 36.9 Å². The molecule has 0 bridgehead atoms. The second-order valence-corrected chi connectivity index (χ2v) is 6.37. The van der Waals surface area contributed by atoms with E-state index in [9.17, 15) is 4.79 Å². The number of piperidine rings is 1. The van der Waals surface area contributed by atoms with Gasteiger partial charge in [0.25, 0.3) is 5.91 Å². The van der Waals surface area contributed by atoms with E-state index in [-0.39, 0.29) is 24.4 Å². The lowest BCUT2D eigenvalue weighted by molar-refractivity contribution is 0.0925. The van der Waals surface area contributed by atoms with Crippen molar-refractivity contribution in [1.82, 2.24) is 10.6 Å². The fourth-order valence-corrected chi connectivity index (χ4v) is 3.24. The van der Waals surface area contributed by atoms with Crippen LogP contribution in [0.4, 0.5) is 0 Å². The van der Waals surface area contributed by atoms with Gasteiger partial charge in [-0.05, 0) is 49.9 Å². The van der Waals surface area contributed by atoms with Crippen LogP contribution in [-0.2, 0) is 6.42 Å². The van der Waals surface area contributed by atoms with Crippen LogP contribution in [-0.4, -0.2) is 24.5 Å². The summed E-state index contributed by atoms with van der Waals surface area (Å²) in [5.74, 6) is 0.0515. The van der Waals surface area contributed by atoms with E-state index in [4.69, 9.17) is 0 Å². The largest absolute Gasteiger partial charge is 0.349 e. The number of nitrogens with one attached hydrogen (secondary N) is 2. The molecule has 0 saturated carbocycles. The van der Waals surface area contributed by atoms with Crippen LogP contribution in [0.25, 0.3) is 0 Å². The second-order valence-electron chi connectivity index (χ2n) is 6.37. The van der Waals surface area contributed by atoms with Crippen molar-refractivity contribution in [2.75, 3.05) is 6.54 Å². The molecular formula is C20H25ClN2O. The molecule has 2 aromatic carbocycles. The van der Waals surface area contributed by atoms with Gasteiger partial charge in [0.15, 0.2) is 0 Å². The fraction of sp³-hybridized carbons (Fsp3) is 0.350. The van der Waals surface area contributed by atoms with Gasteiger partial charge in [0.1, 0.15) is 0 Å². The summed E-state index contributed by atoms with van der Waals surface area (Å²) in [6.07, 6.45) is 2.77. The molecule has 1 heterocycles. The minimum absolute atomic E-state index is 0. The third kappa shape index (κ3) is 4.83. The predicted octanol–water partition coefficient (Wildman–Crippen LogP) is 3.57. The van der Waals surface area contributed by atoms with Gasteiger partial charge in [-0.2, -0.15) is 0 Å². The van der Waals surface area contributed by atoms with Gasteiger partial charge in [-0.15, -0.1) is 12.4 Å². The summed E-state index contributed by atoms with van der Waals surface area (Å²) in [6.45, 7) is 3.14. The van der Waals surface area contributed by atoms with Gasteiger partial charge < -0.3 is 10.6 Å². The second kappa shape index (κ2) is 8.86.